The van der Waals surface area contributed by atoms with Gasteiger partial charge in [0.1, 0.15) is 0 Å². The lowest BCUT2D eigenvalue weighted by molar-refractivity contribution is -0.138. The predicted octanol–water partition coefficient (Wildman–Crippen LogP) is 4.04. The third-order valence-corrected chi connectivity index (χ3v) is 4.10. The number of rotatable bonds is 1. The summed E-state index contributed by atoms with van der Waals surface area (Å²) in [5.74, 6) is -0.806. The van der Waals surface area contributed by atoms with E-state index in [-0.39, 0.29) is 11.1 Å². The normalized spacial score (nSPS) is 24.0. The van der Waals surface area contributed by atoms with Crippen molar-refractivity contribution in [3.63, 3.8) is 0 Å². The van der Waals surface area contributed by atoms with Gasteiger partial charge in [0.15, 0.2) is 0 Å². The van der Waals surface area contributed by atoms with Gasteiger partial charge in [-0.25, -0.2) is 0 Å². The minimum atomic E-state index is -4.38. The van der Waals surface area contributed by atoms with Crippen LogP contribution in [0.15, 0.2) is 24.3 Å². The Hall–Kier alpha value is -1.54. The van der Waals surface area contributed by atoms with Gasteiger partial charge >= 0.3 is 6.18 Å². The van der Waals surface area contributed by atoms with Gasteiger partial charge in [-0.05, 0) is 32.4 Å². The molecule has 1 aromatic rings. The van der Waals surface area contributed by atoms with Gasteiger partial charge in [-0.2, -0.15) is 18.4 Å². The molecule has 0 N–H and O–H groups in total. The molecule has 1 heterocycles. The Balaban J connectivity index is 2.41. The van der Waals surface area contributed by atoms with Crippen LogP contribution >= 0.6 is 0 Å². The number of alkyl halides is 3. The fraction of sp³-hybridized carbons (Fsp3) is 0.562. The number of halogens is 3. The van der Waals surface area contributed by atoms with Crippen molar-refractivity contribution in [3.05, 3.63) is 35.4 Å². The first-order valence-corrected chi connectivity index (χ1v) is 6.95. The topological polar surface area (TPSA) is 27.0 Å². The highest BCUT2D eigenvalue weighted by atomic mass is 19.4. The molecule has 114 valence electrons. The van der Waals surface area contributed by atoms with E-state index in [4.69, 9.17) is 0 Å². The summed E-state index contributed by atoms with van der Waals surface area (Å²) in [6.45, 7) is 7.03. The van der Waals surface area contributed by atoms with Crippen LogP contribution in [0.4, 0.5) is 13.2 Å². The molecule has 1 aliphatic rings. The summed E-state index contributed by atoms with van der Waals surface area (Å²) < 4.78 is 39.5. The van der Waals surface area contributed by atoms with Gasteiger partial charge in [-0.15, -0.1) is 0 Å². The average Bonchev–Trinajstić information content (AvgIpc) is 2.81. The second-order valence-electron chi connectivity index (χ2n) is 6.50. The zero-order valence-corrected chi connectivity index (χ0v) is 12.4. The van der Waals surface area contributed by atoms with Crippen LogP contribution in [0.2, 0.25) is 0 Å². The van der Waals surface area contributed by atoms with E-state index in [1.807, 2.05) is 20.8 Å². The average molecular weight is 296 g/mol. The van der Waals surface area contributed by atoms with Crippen molar-refractivity contribution in [1.29, 1.82) is 5.26 Å². The molecule has 0 aromatic heterocycles. The van der Waals surface area contributed by atoms with E-state index >= 15 is 0 Å². The van der Waals surface area contributed by atoms with Gasteiger partial charge in [-0.3, -0.25) is 4.90 Å². The van der Waals surface area contributed by atoms with Crippen molar-refractivity contribution in [3.8, 4) is 6.07 Å². The highest BCUT2D eigenvalue weighted by Crippen LogP contribution is 2.41. The van der Waals surface area contributed by atoms with Crippen LogP contribution in [0.25, 0.3) is 0 Å². The number of likely N-dealkylation sites (tertiary alicyclic amines) is 1. The first-order valence-electron chi connectivity index (χ1n) is 6.95. The van der Waals surface area contributed by atoms with Crippen LogP contribution in [0.5, 0.6) is 0 Å². The first kappa shape index (κ1) is 15.8. The maximum atomic E-state index is 13.2. The molecule has 2 rings (SSSR count). The van der Waals surface area contributed by atoms with Gasteiger partial charge in [-0.1, -0.05) is 18.2 Å². The van der Waals surface area contributed by atoms with Gasteiger partial charge in [0.05, 0.1) is 17.6 Å². The van der Waals surface area contributed by atoms with Crippen molar-refractivity contribution in [2.75, 3.05) is 13.1 Å². The molecule has 0 bridgehead atoms. The summed E-state index contributed by atoms with van der Waals surface area (Å²) in [6, 6.07) is 7.79. The minimum Gasteiger partial charge on any atom is -0.297 e. The Labute approximate surface area is 123 Å². The molecule has 1 fully saturated rings. The Kier molecular flexibility index (Phi) is 4.03. The number of benzene rings is 1. The summed E-state index contributed by atoms with van der Waals surface area (Å²) in [7, 11) is 0. The molecule has 0 amide bonds. The van der Waals surface area contributed by atoms with Crippen LogP contribution in [-0.2, 0) is 6.18 Å². The summed E-state index contributed by atoms with van der Waals surface area (Å²) in [4.78, 5) is 2.08. The maximum Gasteiger partial charge on any atom is 0.416 e. The molecule has 5 heteroatoms. The maximum absolute atomic E-state index is 13.2. The lowest BCUT2D eigenvalue weighted by atomic mass is 9.87. The fourth-order valence-corrected chi connectivity index (χ4v) is 2.88. The monoisotopic (exact) mass is 296 g/mol. The van der Waals surface area contributed by atoms with Gasteiger partial charge in [0, 0.05) is 24.5 Å². The van der Waals surface area contributed by atoms with Crippen molar-refractivity contribution < 1.29 is 13.2 Å². The zero-order valence-electron chi connectivity index (χ0n) is 12.4. The molecule has 2 atom stereocenters. The van der Waals surface area contributed by atoms with E-state index in [0.717, 1.165) is 6.07 Å². The van der Waals surface area contributed by atoms with Gasteiger partial charge in [0.25, 0.3) is 0 Å². The Morgan fingerprint density at radius 3 is 2.29 bits per heavy atom. The third kappa shape index (κ3) is 3.21. The van der Waals surface area contributed by atoms with Crippen molar-refractivity contribution in [2.45, 2.75) is 38.4 Å². The number of hydrogen-bond donors (Lipinski definition) is 0. The highest BCUT2D eigenvalue weighted by molar-refractivity contribution is 5.35. The van der Waals surface area contributed by atoms with Crippen LogP contribution in [0.1, 0.15) is 37.8 Å². The molecule has 21 heavy (non-hydrogen) atoms. The smallest absolute Gasteiger partial charge is 0.297 e. The minimum absolute atomic E-state index is 0.156. The van der Waals surface area contributed by atoms with Crippen LogP contribution in [-0.4, -0.2) is 23.5 Å². The number of hydrogen-bond acceptors (Lipinski definition) is 2. The van der Waals surface area contributed by atoms with E-state index in [2.05, 4.69) is 11.0 Å². The van der Waals surface area contributed by atoms with E-state index in [0.29, 0.717) is 13.1 Å². The van der Waals surface area contributed by atoms with E-state index in [1.165, 1.54) is 12.1 Å². The second kappa shape index (κ2) is 5.34. The molecule has 0 spiro atoms. The van der Waals surface area contributed by atoms with Crippen molar-refractivity contribution >= 4 is 0 Å². The SMILES string of the molecule is CC(C)(C)N1C[C@@H](C#N)[C@H](c2ccccc2C(F)(F)F)C1. The fourth-order valence-electron chi connectivity index (χ4n) is 2.88. The molecule has 1 aromatic carbocycles. The molecule has 1 saturated heterocycles. The zero-order chi connectivity index (χ0) is 15.8. The van der Waals surface area contributed by atoms with Gasteiger partial charge in [0.2, 0.25) is 0 Å². The number of nitrogens with zero attached hydrogens (tertiary/aromatic N) is 2. The molecule has 2 nitrogen and oxygen atoms in total. The van der Waals surface area contributed by atoms with Crippen LogP contribution < -0.4 is 0 Å². The standard InChI is InChI=1S/C16H19F3N2/c1-15(2,3)21-9-11(8-20)13(10-21)12-6-4-5-7-14(12)16(17,18)19/h4-7,11,13H,9-10H2,1-3H3/t11-,13-/m1/s1. The molecule has 0 radical (unpaired) electrons. The Morgan fingerprint density at radius 1 is 1.14 bits per heavy atom. The molecule has 1 aliphatic heterocycles. The third-order valence-electron chi connectivity index (χ3n) is 4.10. The first-order chi connectivity index (χ1) is 9.64. The molecular weight excluding hydrogens is 277 g/mol. The summed E-state index contributed by atoms with van der Waals surface area (Å²) in [6.07, 6.45) is -4.38. The summed E-state index contributed by atoms with van der Waals surface area (Å²) >= 11 is 0. The quantitative estimate of drug-likeness (QED) is 0.782. The summed E-state index contributed by atoms with van der Waals surface area (Å²) in [5.41, 5.74) is -0.536. The van der Waals surface area contributed by atoms with E-state index < -0.39 is 23.6 Å². The molecule has 0 saturated carbocycles. The van der Waals surface area contributed by atoms with E-state index in [9.17, 15) is 18.4 Å². The van der Waals surface area contributed by atoms with E-state index in [1.54, 1.807) is 6.07 Å². The largest absolute Gasteiger partial charge is 0.416 e. The van der Waals surface area contributed by atoms with Crippen LogP contribution in [0.3, 0.4) is 0 Å². The van der Waals surface area contributed by atoms with Gasteiger partial charge < -0.3 is 0 Å². The van der Waals surface area contributed by atoms with Crippen molar-refractivity contribution in [1.82, 2.24) is 4.90 Å². The van der Waals surface area contributed by atoms with Crippen molar-refractivity contribution in [2.24, 2.45) is 5.92 Å². The second-order valence-corrected chi connectivity index (χ2v) is 6.50. The number of nitriles is 1. The molecular formula is C16H19F3N2. The van der Waals surface area contributed by atoms with Crippen LogP contribution in [0, 0.1) is 17.2 Å². The molecule has 0 aliphatic carbocycles. The lowest BCUT2D eigenvalue weighted by Crippen LogP contribution is -2.39. The highest BCUT2D eigenvalue weighted by Gasteiger charge is 2.42. The molecule has 0 unspecified atom stereocenters. The summed E-state index contributed by atoms with van der Waals surface area (Å²) in [5, 5.41) is 9.32. The lowest BCUT2D eigenvalue weighted by Gasteiger charge is -2.31. The Morgan fingerprint density at radius 2 is 1.76 bits per heavy atom. The predicted molar refractivity (Wildman–Crippen MR) is 74.6 cm³/mol. The Bertz CT molecular complexity index is 552.